The summed E-state index contributed by atoms with van der Waals surface area (Å²) in [7, 11) is 1.59. The van der Waals surface area contributed by atoms with E-state index in [1.165, 1.54) is 36.5 Å². The van der Waals surface area contributed by atoms with Crippen LogP contribution in [0.2, 0.25) is 0 Å². The Kier molecular flexibility index (Phi) is 9.83. The first-order valence-corrected chi connectivity index (χ1v) is 16.6. The summed E-state index contributed by atoms with van der Waals surface area (Å²) in [6.45, 7) is 3.10. The van der Waals surface area contributed by atoms with Gasteiger partial charge in [-0.3, -0.25) is 24.1 Å². The third-order valence-electron chi connectivity index (χ3n) is 7.77. The van der Waals surface area contributed by atoms with Crippen LogP contribution in [0.4, 0.5) is 28.0 Å². The van der Waals surface area contributed by atoms with E-state index in [1.54, 1.807) is 11.7 Å². The number of fused-ring (bicyclic) bond motifs is 1. The zero-order valence-corrected chi connectivity index (χ0v) is 28.3. The maximum Gasteiger partial charge on any atom is 0.350 e. The molecule has 2 aliphatic heterocycles. The molecule has 0 spiro atoms. The van der Waals surface area contributed by atoms with E-state index in [2.05, 4.69) is 30.5 Å². The summed E-state index contributed by atoms with van der Waals surface area (Å²) in [4.78, 5) is 84.8. The van der Waals surface area contributed by atoms with Gasteiger partial charge in [-0.05, 0) is 26.8 Å². The highest BCUT2D eigenvalue weighted by atomic mass is 32.2. The number of carboxylic acids is 2. The number of hydrogen-bond donors (Lipinski definition) is 7. The zero-order valence-electron chi connectivity index (χ0n) is 26.7. The van der Waals surface area contributed by atoms with Crippen LogP contribution >= 0.6 is 23.3 Å². The van der Waals surface area contributed by atoms with Crippen molar-refractivity contribution in [1.82, 2.24) is 24.3 Å². The average molecular weight is 733 g/mol. The van der Waals surface area contributed by atoms with Gasteiger partial charge in [0.2, 0.25) is 23.3 Å². The lowest BCUT2D eigenvalue weighted by Gasteiger charge is -2.50. The number of hydrogen-bond acceptors (Lipinski definition) is 18. The summed E-state index contributed by atoms with van der Waals surface area (Å²) >= 11 is 1.90. The normalized spacial score (nSPS) is 17.7. The van der Waals surface area contributed by atoms with Crippen molar-refractivity contribution in [3.05, 3.63) is 43.7 Å². The minimum Gasteiger partial charge on any atom is -0.543 e. The Hall–Kier alpha value is -5.55. The molecule has 2 amide bonds. The van der Waals surface area contributed by atoms with E-state index in [0.29, 0.717) is 19.5 Å². The summed E-state index contributed by atoms with van der Waals surface area (Å²) in [5.74, 6) is -4.79. The Morgan fingerprint density at radius 2 is 1.92 bits per heavy atom. The van der Waals surface area contributed by atoms with Crippen LogP contribution in [0.15, 0.2) is 32.2 Å². The molecule has 50 heavy (non-hydrogen) atoms. The Bertz CT molecular complexity index is 2030. The van der Waals surface area contributed by atoms with Crippen LogP contribution in [0.25, 0.3) is 0 Å². The van der Waals surface area contributed by atoms with Crippen LogP contribution < -0.4 is 53.8 Å². The van der Waals surface area contributed by atoms with Crippen LogP contribution in [0.3, 0.4) is 0 Å². The van der Waals surface area contributed by atoms with Crippen molar-refractivity contribution in [2.75, 3.05) is 40.9 Å². The fraction of sp³-hybridized carbons (Fsp3) is 0.407. The van der Waals surface area contributed by atoms with Gasteiger partial charge in [-0.25, -0.2) is 4.79 Å². The number of carbonyl (C=O) groups excluding carboxylic acids is 3. The van der Waals surface area contributed by atoms with E-state index in [9.17, 15) is 39.0 Å². The standard InChI is InChI=1S/C27H32N12O9S2/c1-27(2,25(46)47)48-35-14(20-34-26(30)50-36-20)21(42)33-15-22(43)39-16(24(44)45)10(9-49-23(15)39)7-38-8-11(19(29)37(38)3)32-13-12(17(40)18(13)41)31-6-4-5-28/h8,15,23,29H,4-7,9,28H2,1-3H3,(H7,30,31,32,33,34,35,36,40,41,42,44,45,46,47)/t15-,23-/m1/s1. The first-order valence-electron chi connectivity index (χ1n) is 14.7. The molecule has 0 unspecified atom stereocenters. The Morgan fingerprint density at radius 3 is 2.54 bits per heavy atom. The number of carboxylic acid groups (broad SMARTS) is 2. The number of oxime groups is 1. The fourth-order valence-corrected chi connectivity index (χ4v) is 6.67. The highest BCUT2D eigenvalue weighted by Crippen LogP contribution is 2.40. The van der Waals surface area contributed by atoms with E-state index in [0.717, 1.165) is 16.4 Å². The van der Waals surface area contributed by atoms with E-state index in [1.807, 2.05) is 0 Å². The number of nitrogens with one attached hydrogen (secondary N) is 3. The lowest BCUT2D eigenvalue weighted by molar-refractivity contribution is -0.765. The van der Waals surface area contributed by atoms with Crippen LogP contribution in [0.5, 0.6) is 0 Å². The lowest BCUT2D eigenvalue weighted by Crippen LogP contribution is -2.71. The van der Waals surface area contributed by atoms with Crippen LogP contribution in [0.1, 0.15) is 26.1 Å². The van der Waals surface area contributed by atoms with E-state index in [4.69, 9.17) is 22.0 Å². The van der Waals surface area contributed by atoms with Gasteiger partial charge >= 0.3 is 5.97 Å². The molecule has 2 aromatic heterocycles. The third kappa shape index (κ3) is 6.56. The van der Waals surface area contributed by atoms with Gasteiger partial charge in [-0.15, -0.1) is 21.1 Å². The smallest absolute Gasteiger partial charge is 0.350 e. The molecule has 2 aliphatic rings. The summed E-state index contributed by atoms with van der Waals surface area (Å²) in [6, 6.07) is -1.21. The van der Waals surface area contributed by atoms with E-state index < -0.39 is 63.0 Å². The number of β-lactam (4-membered cyclic amide) rings is 1. The predicted molar refractivity (Wildman–Crippen MR) is 178 cm³/mol. The molecule has 21 nitrogen and oxygen atoms in total. The van der Waals surface area contributed by atoms with Crippen LogP contribution in [-0.4, -0.2) is 89.4 Å². The van der Waals surface area contributed by atoms with Crippen molar-refractivity contribution in [1.29, 1.82) is 0 Å². The van der Waals surface area contributed by atoms with Crippen molar-refractivity contribution < 1.29 is 38.9 Å². The number of rotatable bonds is 15. The van der Waals surface area contributed by atoms with E-state index in [-0.39, 0.29) is 51.7 Å². The second kappa shape index (κ2) is 13.8. The van der Waals surface area contributed by atoms with Crippen LogP contribution in [-0.2, 0) is 37.6 Å². The monoisotopic (exact) mass is 732 g/mol. The zero-order chi connectivity index (χ0) is 36.7. The first kappa shape index (κ1) is 35.7. The number of carbonyl (C=O) groups is 4. The summed E-state index contributed by atoms with van der Waals surface area (Å²) in [5, 5.41) is 32.8. The predicted octanol–water partition coefficient (Wildman–Crippen LogP) is -3.88. The van der Waals surface area contributed by atoms with Crippen molar-refractivity contribution in [2.24, 2.45) is 17.9 Å². The molecule has 5 rings (SSSR count). The SMILES string of the molecule is Cn1c(N)c(Nc2c(NCCCN)c(=O)c2=O)c[n+]1CC1=C(C(=O)[O-])N2C(=O)[C@@H](NC(=O)/C(=N\OC(C)(C)C(=O)O)c3nsc(N)n3)[C@H]2SC1. The molecule has 0 saturated carbocycles. The van der Waals surface area contributed by atoms with Crippen molar-refractivity contribution in [3.63, 3.8) is 0 Å². The summed E-state index contributed by atoms with van der Waals surface area (Å²) in [5.41, 5.74) is 13.9. The average Bonchev–Trinajstić information content (AvgIpc) is 3.61. The van der Waals surface area contributed by atoms with Crippen LogP contribution in [0, 0.1) is 0 Å². The maximum absolute atomic E-state index is 13.3. The van der Waals surface area contributed by atoms with E-state index >= 15 is 0 Å². The topological polar surface area (TPSA) is 319 Å². The van der Waals surface area contributed by atoms with Crippen molar-refractivity contribution in [2.45, 2.75) is 43.8 Å². The van der Waals surface area contributed by atoms with Gasteiger partial charge in [0.25, 0.3) is 22.7 Å². The van der Waals surface area contributed by atoms with Gasteiger partial charge in [-0.1, -0.05) is 5.16 Å². The minimum absolute atomic E-state index is 0.0208. The van der Waals surface area contributed by atoms with Gasteiger partial charge in [0, 0.05) is 29.4 Å². The third-order valence-corrected chi connectivity index (χ3v) is 9.65. The van der Waals surface area contributed by atoms with Gasteiger partial charge in [-0.2, -0.15) is 9.36 Å². The second-order valence-electron chi connectivity index (χ2n) is 11.6. The summed E-state index contributed by atoms with van der Waals surface area (Å²) in [6.07, 6.45) is 2.09. The number of nitrogens with two attached hydrogens (primary N) is 3. The quantitative estimate of drug-likeness (QED) is 0.0196. The number of aromatic nitrogens is 4. The number of anilines is 5. The molecule has 23 heteroatoms. The molecule has 266 valence electrons. The van der Waals surface area contributed by atoms with Crippen molar-refractivity contribution >= 4 is 80.8 Å². The molecule has 3 aromatic rings. The highest BCUT2D eigenvalue weighted by Gasteiger charge is 2.53. The largest absolute Gasteiger partial charge is 0.543 e. The number of thioether (sulfide) groups is 1. The maximum atomic E-state index is 13.3. The Balaban J connectivity index is 1.34. The lowest BCUT2D eigenvalue weighted by atomic mass is 10.0. The number of amides is 2. The molecule has 0 bridgehead atoms. The molecule has 10 N–H and O–H groups in total. The Labute approximate surface area is 290 Å². The number of nitrogens with zero attached hydrogens (tertiary/aromatic N) is 6. The van der Waals surface area contributed by atoms with Gasteiger partial charge < -0.3 is 53.0 Å². The van der Waals surface area contributed by atoms with Gasteiger partial charge in [0.1, 0.15) is 22.8 Å². The molecule has 4 heterocycles. The highest BCUT2D eigenvalue weighted by molar-refractivity contribution is 8.00. The molecule has 0 aliphatic carbocycles. The number of nitrogen functional groups attached to an aromatic ring is 2. The number of aliphatic carboxylic acids is 2. The molecule has 1 fully saturated rings. The fourth-order valence-electron chi connectivity index (χ4n) is 4.90. The molecular formula is C27H32N12O9S2. The molecule has 2 atom stereocenters. The first-order chi connectivity index (χ1) is 23.6. The molecule has 1 saturated heterocycles. The molecular weight excluding hydrogens is 701 g/mol. The second-order valence-corrected chi connectivity index (χ2v) is 13.4. The van der Waals surface area contributed by atoms with Gasteiger partial charge in [0.15, 0.2) is 23.2 Å². The Morgan fingerprint density at radius 1 is 1.22 bits per heavy atom. The molecule has 0 radical (unpaired) electrons. The van der Waals surface area contributed by atoms with Crippen molar-refractivity contribution in [3.8, 4) is 0 Å². The summed E-state index contributed by atoms with van der Waals surface area (Å²) < 4.78 is 6.95. The minimum atomic E-state index is -1.84. The van der Waals surface area contributed by atoms with Gasteiger partial charge in [0.05, 0.1) is 18.7 Å². The molecule has 1 aromatic carbocycles.